The predicted molar refractivity (Wildman–Crippen MR) is 88.2 cm³/mol. The van der Waals surface area contributed by atoms with Crippen LogP contribution in [0.2, 0.25) is 0 Å². The quantitative estimate of drug-likeness (QED) is 0.555. The van der Waals surface area contributed by atoms with E-state index in [1.807, 2.05) is 6.07 Å². The summed E-state index contributed by atoms with van der Waals surface area (Å²) >= 11 is 1.46. The molecule has 4 aromatic rings. The lowest BCUT2D eigenvalue weighted by Crippen LogP contribution is -1.91. The zero-order chi connectivity index (χ0) is 16.0. The van der Waals surface area contributed by atoms with Crippen molar-refractivity contribution < 1.29 is 4.42 Å². The molecule has 0 radical (unpaired) electrons. The van der Waals surface area contributed by atoms with Crippen LogP contribution in [0.15, 0.2) is 41.0 Å². The van der Waals surface area contributed by atoms with Crippen molar-refractivity contribution in [1.29, 1.82) is 5.26 Å². The molecule has 0 aliphatic heterocycles. The second-order valence-corrected chi connectivity index (χ2v) is 6.25. The minimum Gasteiger partial charge on any atom is -0.463 e. The maximum atomic E-state index is 9.48. The number of hydrogen-bond acceptors (Lipinski definition) is 5. The first kappa shape index (κ1) is 13.7. The fraction of sp³-hybridized carbons (Fsp3) is 0.118. The van der Waals surface area contributed by atoms with Gasteiger partial charge in [0.2, 0.25) is 4.96 Å². The maximum Gasteiger partial charge on any atom is 0.214 e. The van der Waals surface area contributed by atoms with Gasteiger partial charge in [-0.05, 0) is 43.2 Å². The van der Waals surface area contributed by atoms with E-state index < -0.39 is 0 Å². The summed E-state index contributed by atoms with van der Waals surface area (Å²) in [6, 6.07) is 12.0. The van der Waals surface area contributed by atoms with Crippen LogP contribution in [0.1, 0.15) is 16.8 Å². The summed E-state index contributed by atoms with van der Waals surface area (Å²) in [7, 11) is 0. The van der Waals surface area contributed by atoms with E-state index in [1.54, 1.807) is 22.9 Å². The summed E-state index contributed by atoms with van der Waals surface area (Å²) < 4.78 is 6.94. The molecule has 0 aliphatic carbocycles. The highest BCUT2D eigenvalue weighted by molar-refractivity contribution is 7.19. The summed E-state index contributed by atoms with van der Waals surface area (Å²) in [4.78, 5) is 5.20. The van der Waals surface area contributed by atoms with Gasteiger partial charge in [-0.1, -0.05) is 23.5 Å². The molecule has 6 heteroatoms. The Balaban J connectivity index is 1.88. The van der Waals surface area contributed by atoms with Gasteiger partial charge in [0.15, 0.2) is 11.5 Å². The Kier molecular flexibility index (Phi) is 3.03. The lowest BCUT2D eigenvalue weighted by molar-refractivity contribution is 0.580. The summed E-state index contributed by atoms with van der Waals surface area (Å²) in [5.41, 5.74) is 4.41. The molecule has 0 N–H and O–H groups in total. The Morgan fingerprint density at radius 1 is 1.22 bits per heavy atom. The number of nitriles is 1. The molecule has 0 aliphatic rings. The first-order valence-corrected chi connectivity index (χ1v) is 7.90. The Bertz CT molecular complexity index is 1050. The standard InChI is InChI=1S/C17H12N4OS/c1-10-5-6-12(8-11(10)2)16-20-21-13(9-18)15(19-17(21)23-16)14-4-3-7-22-14/h3-8H,1-2H3. The van der Waals surface area contributed by atoms with Crippen LogP contribution in [-0.4, -0.2) is 14.6 Å². The highest BCUT2D eigenvalue weighted by atomic mass is 32.1. The zero-order valence-electron chi connectivity index (χ0n) is 12.6. The van der Waals surface area contributed by atoms with E-state index in [4.69, 9.17) is 4.42 Å². The van der Waals surface area contributed by atoms with Gasteiger partial charge in [0.25, 0.3) is 0 Å². The number of hydrogen-bond donors (Lipinski definition) is 0. The summed E-state index contributed by atoms with van der Waals surface area (Å²) in [6.45, 7) is 4.16. The summed E-state index contributed by atoms with van der Waals surface area (Å²) in [5, 5.41) is 14.9. The van der Waals surface area contributed by atoms with Crippen molar-refractivity contribution in [2.45, 2.75) is 13.8 Å². The van der Waals surface area contributed by atoms with Gasteiger partial charge >= 0.3 is 0 Å². The number of aromatic nitrogens is 3. The number of fused-ring (bicyclic) bond motifs is 1. The Hall–Kier alpha value is -2.91. The van der Waals surface area contributed by atoms with Crippen molar-refractivity contribution in [3.05, 3.63) is 53.4 Å². The van der Waals surface area contributed by atoms with Crippen LogP contribution in [0.3, 0.4) is 0 Å². The van der Waals surface area contributed by atoms with E-state index in [1.165, 1.54) is 22.5 Å². The van der Waals surface area contributed by atoms with Gasteiger partial charge in [-0.3, -0.25) is 0 Å². The van der Waals surface area contributed by atoms with E-state index in [0.717, 1.165) is 10.6 Å². The number of imidazole rings is 1. The fourth-order valence-electron chi connectivity index (χ4n) is 2.42. The summed E-state index contributed by atoms with van der Waals surface area (Å²) in [6.07, 6.45) is 1.57. The molecular formula is C17H12N4OS. The molecule has 5 nitrogen and oxygen atoms in total. The monoisotopic (exact) mass is 320 g/mol. The van der Waals surface area contributed by atoms with Gasteiger partial charge < -0.3 is 4.42 Å². The van der Waals surface area contributed by atoms with Gasteiger partial charge in [-0.15, -0.1) is 0 Å². The third kappa shape index (κ3) is 2.14. The van der Waals surface area contributed by atoms with Gasteiger partial charge in [0, 0.05) is 5.56 Å². The fourth-order valence-corrected chi connectivity index (χ4v) is 3.32. The number of rotatable bonds is 2. The third-order valence-electron chi connectivity index (χ3n) is 3.82. The Morgan fingerprint density at radius 3 is 2.78 bits per heavy atom. The lowest BCUT2D eigenvalue weighted by atomic mass is 10.1. The van der Waals surface area contributed by atoms with Crippen LogP contribution in [0.5, 0.6) is 0 Å². The average Bonchev–Trinajstić information content (AvgIpc) is 3.23. The van der Waals surface area contributed by atoms with Gasteiger partial charge in [-0.2, -0.15) is 14.9 Å². The van der Waals surface area contributed by atoms with Gasteiger partial charge in [-0.25, -0.2) is 4.98 Å². The first-order chi connectivity index (χ1) is 11.2. The van der Waals surface area contributed by atoms with Crippen LogP contribution in [0, 0.1) is 25.2 Å². The molecule has 23 heavy (non-hydrogen) atoms. The molecule has 0 fully saturated rings. The number of benzene rings is 1. The number of aryl methyl sites for hydroxylation is 2. The number of nitrogens with zero attached hydrogens (tertiary/aromatic N) is 4. The molecule has 1 aromatic carbocycles. The second-order valence-electron chi connectivity index (χ2n) is 5.30. The highest BCUT2D eigenvalue weighted by Crippen LogP contribution is 2.31. The third-order valence-corrected chi connectivity index (χ3v) is 4.78. The molecule has 3 aromatic heterocycles. The van der Waals surface area contributed by atoms with Gasteiger partial charge in [0.05, 0.1) is 6.26 Å². The normalized spacial score (nSPS) is 11.0. The molecule has 0 atom stereocenters. The molecule has 112 valence electrons. The largest absolute Gasteiger partial charge is 0.463 e. The molecule has 3 heterocycles. The SMILES string of the molecule is Cc1ccc(-c2nn3c(C#N)c(-c4ccco4)nc3s2)cc1C. The molecule has 0 spiro atoms. The topological polar surface area (TPSA) is 67.1 Å². The predicted octanol–water partition coefficient (Wildman–Crippen LogP) is 4.21. The van der Waals surface area contributed by atoms with Crippen molar-refractivity contribution in [3.63, 3.8) is 0 Å². The van der Waals surface area contributed by atoms with E-state index in [-0.39, 0.29) is 0 Å². The maximum absolute atomic E-state index is 9.48. The molecule has 0 saturated carbocycles. The zero-order valence-corrected chi connectivity index (χ0v) is 13.4. The minimum atomic E-state index is 0.390. The second kappa shape index (κ2) is 5.07. The van der Waals surface area contributed by atoms with E-state index >= 15 is 0 Å². The molecule has 0 unspecified atom stereocenters. The Labute approximate surface area is 136 Å². The lowest BCUT2D eigenvalue weighted by Gasteiger charge is -2.01. The van der Waals surface area contributed by atoms with E-state index in [9.17, 15) is 5.26 Å². The van der Waals surface area contributed by atoms with Crippen LogP contribution in [0.4, 0.5) is 0 Å². The highest BCUT2D eigenvalue weighted by Gasteiger charge is 2.20. The van der Waals surface area contributed by atoms with Crippen LogP contribution in [-0.2, 0) is 0 Å². The van der Waals surface area contributed by atoms with E-state index in [2.05, 4.69) is 42.1 Å². The van der Waals surface area contributed by atoms with Crippen molar-refractivity contribution in [2.75, 3.05) is 0 Å². The smallest absolute Gasteiger partial charge is 0.214 e. The summed E-state index contributed by atoms with van der Waals surface area (Å²) in [5.74, 6) is 0.576. The van der Waals surface area contributed by atoms with Crippen molar-refractivity contribution in [3.8, 4) is 28.1 Å². The number of furan rings is 1. The minimum absolute atomic E-state index is 0.390. The van der Waals surface area contributed by atoms with Gasteiger partial charge in [0.1, 0.15) is 16.8 Å². The van der Waals surface area contributed by atoms with Crippen LogP contribution >= 0.6 is 11.3 Å². The molecule has 4 rings (SSSR count). The van der Waals surface area contributed by atoms with Crippen molar-refractivity contribution in [2.24, 2.45) is 0 Å². The molecule has 0 saturated heterocycles. The Morgan fingerprint density at radius 2 is 2.09 bits per heavy atom. The average molecular weight is 320 g/mol. The molecular weight excluding hydrogens is 308 g/mol. The van der Waals surface area contributed by atoms with Crippen LogP contribution in [0.25, 0.3) is 27.0 Å². The molecule has 0 bridgehead atoms. The van der Waals surface area contributed by atoms with Crippen molar-refractivity contribution in [1.82, 2.24) is 14.6 Å². The first-order valence-electron chi connectivity index (χ1n) is 7.08. The van der Waals surface area contributed by atoms with E-state index in [0.29, 0.717) is 22.1 Å². The van der Waals surface area contributed by atoms with Crippen LogP contribution < -0.4 is 0 Å². The van der Waals surface area contributed by atoms with Crippen molar-refractivity contribution >= 4 is 16.3 Å². The molecule has 0 amide bonds.